The van der Waals surface area contributed by atoms with Gasteiger partial charge in [-0.2, -0.15) is 14.7 Å². The molecule has 10 nitrogen and oxygen atoms in total. The van der Waals surface area contributed by atoms with Gasteiger partial charge in [-0.15, -0.1) is 0 Å². The number of rotatable bonds is 4. The fourth-order valence-corrected chi connectivity index (χ4v) is 4.90. The van der Waals surface area contributed by atoms with E-state index in [1.165, 1.54) is 0 Å². The number of aryl methyl sites for hydroxylation is 1. The smallest absolute Gasteiger partial charge is 0.410 e. The van der Waals surface area contributed by atoms with Crippen LogP contribution in [0.5, 0.6) is 0 Å². The minimum atomic E-state index is -0.481. The maximum Gasteiger partial charge on any atom is 0.410 e. The van der Waals surface area contributed by atoms with Gasteiger partial charge in [0.2, 0.25) is 0 Å². The van der Waals surface area contributed by atoms with Crippen LogP contribution in [0, 0.1) is 0 Å². The predicted molar refractivity (Wildman–Crippen MR) is 134 cm³/mol. The van der Waals surface area contributed by atoms with Crippen LogP contribution in [0.1, 0.15) is 58.1 Å². The Morgan fingerprint density at radius 2 is 1.97 bits per heavy atom. The third kappa shape index (κ3) is 5.27. The largest absolute Gasteiger partial charge is 0.444 e. The zero-order valence-corrected chi connectivity index (χ0v) is 21.1. The van der Waals surface area contributed by atoms with E-state index in [4.69, 9.17) is 14.8 Å². The first-order valence-electron chi connectivity index (χ1n) is 12.6. The van der Waals surface area contributed by atoms with Crippen molar-refractivity contribution in [3.05, 3.63) is 30.4 Å². The molecule has 1 amide bonds. The topological polar surface area (TPSA) is 102 Å². The van der Waals surface area contributed by atoms with Crippen LogP contribution in [0.25, 0.3) is 16.8 Å². The van der Waals surface area contributed by atoms with E-state index in [0.29, 0.717) is 19.0 Å². The number of fused-ring (bicyclic) bond motifs is 1. The van der Waals surface area contributed by atoms with Crippen LogP contribution in [0.2, 0.25) is 0 Å². The molecule has 2 fully saturated rings. The highest BCUT2D eigenvalue weighted by molar-refractivity contribution is 5.77. The van der Waals surface area contributed by atoms with E-state index < -0.39 is 5.60 Å². The number of aromatic nitrogens is 5. The van der Waals surface area contributed by atoms with Gasteiger partial charge < -0.3 is 20.3 Å². The van der Waals surface area contributed by atoms with Gasteiger partial charge in [-0.3, -0.25) is 4.68 Å². The van der Waals surface area contributed by atoms with Crippen molar-refractivity contribution in [2.24, 2.45) is 7.05 Å². The number of likely N-dealkylation sites (tertiary alicyclic amines) is 1. The van der Waals surface area contributed by atoms with E-state index in [0.717, 1.165) is 67.1 Å². The first-order valence-corrected chi connectivity index (χ1v) is 12.6. The van der Waals surface area contributed by atoms with Crippen LogP contribution in [0.15, 0.2) is 24.7 Å². The molecule has 1 unspecified atom stereocenters. The van der Waals surface area contributed by atoms with E-state index in [2.05, 4.69) is 21.8 Å². The summed E-state index contributed by atoms with van der Waals surface area (Å²) in [4.78, 5) is 19.3. The summed E-state index contributed by atoms with van der Waals surface area (Å²) in [6, 6.07) is 2.40. The minimum absolute atomic E-state index is 0.234. The molecule has 0 aromatic carbocycles. The standard InChI is InChI=1S/C25H36N8O2/c1-25(2,3)35-24(34)32-10-7-19(8-11-32)29-22-12-21(17-6-5-9-26-13-17)30-23-20(15-28-33(22)23)18-14-27-31(4)16-18/h12,14-17,19,26,29H,5-11,13H2,1-4H3. The lowest BCUT2D eigenvalue weighted by Crippen LogP contribution is -2.44. The van der Waals surface area contributed by atoms with Crippen LogP contribution < -0.4 is 10.6 Å². The van der Waals surface area contributed by atoms with E-state index >= 15 is 0 Å². The summed E-state index contributed by atoms with van der Waals surface area (Å²) in [5.41, 5.74) is 3.43. The summed E-state index contributed by atoms with van der Waals surface area (Å²) < 4.78 is 9.25. The van der Waals surface area contributed by atoms with E-state index in [1.54, 1.807) is 9.58 Å². The molecule has 3 aromatic rings. The lowest BCUT2D eigenvalue weighted by Gasteiger charge is -2.34. The number of anilines is 1. The Balaban J connectivity index is 1.39. The van der Waals surface area contributed by atoms with Crippen molar-refractivity contribution in [1.82, 2.24) is 34.6 Å². The molecule has 0 spiro atoms. The number of hydrogen-bond acceptors (Lipinski definition) is 7. The van der Waals surface area contributed by atoms with Crippen molar-refractivity contribution in [1.29, 1.82) is 0 Å². The summed E-state index contributed by atoms with van der Waals surface area (Å²) in [7, 11) is 1.92. The molecule has 0 radical (unpaired) electrons. The molecule has 1 atom stereocenters. The van der Waals surface area contributed by atoms with Crippen molar-refractivity contribution < 1.29 is 9.53 Å². The normalized spacial score (nSPS) is 19.8. The monoisotopic (exact) mass is 480 g/mol. The number of hydrogen-bond donors (Lipinski definition) is 2. The Kier molecular flexibility index (Phi) is 6.39. The van der Waals surface area contributed by atoms with Crippen LogP contribution >= 0.6 is 0 Å². The Morgan fingerprint density at radius 3 is 2.63 bits per heavy atom. The van der Waals surface area contributed by atoms with Gasteiger partial charge in [0.25, 0.3) is 0 Å². The fourth-order valence-electron chi connectivity index (χ4n) is 4.90. The van der Waals surface area contributed by atoms with Crippen LogP contribution in [0.3, 0.4) is 0 Å². The Hall–Kier alpha value is -3.14. The summed E-state index contributed by atoms with van der Waals surface area (Å²) in [6.07, 6.45) is 9.46. The molecule has 5 heterocycles. The molecule has 2 N–H and O–H groups in total. The van der Waals surface area contributed by atoms with Crippen molar-refractivity contribution >= 4 is 17.6 Å². The van der Waals surface area contributed by atoms with Crippen molar-refractivity contribution in [2.45, 2.75) is 64.0 Å². The number of carbonyl (C=O) groups excluding carboxylic acids is 1. The first-order chi connectivity index (χ1) is 16.8. The van der Waals surface area contributed by atoms with E-state index in [9.17, 15) is 4.79 Å². The zero-order valence-electron chi connectivity index (χ0n) is 21.1. The van der Waals surface area contributed by atoms with Gasteiger partial charge in [0.1, 0.15) is 11.4 Å². The molecule has 2 aliphatic heterocycles. The summed E-state index contributed by atoms with van der Waals surface area (Å²) >= 11 is 0. The number of piperidine rings is 2. The van der Waals surface area contributed by atoms with Gasteiger partial charge in [0.15, 0.2) is 5.65 Å². The second-order valence-corrected chi connectivity index (χ2v) is 10.7. The van der Waals surface area contributed by atoms with Gasteiger partial charge in [-0.25, -0.2) is 9.78 Å². The number of nitrogens with zero attached hydrogens (tertiary/aromatic N) is 6. The lowest BCUT2D eigenvalue weighted by molar-refractivity contribution is 0.0210. The van der Waals surface area contributed by atoms with Gasteiger partial charge in [-0.1, -0.05) is 0 Å². The highest BCUT2D eigenvalue weighted by Gasteiger charge is 2.28. The molecular formula is C25H36N8O2. The number of ether oxygens (including phenoxy) is 1. The molecule has 2 aliphatic rings. The minimum Gasteiger partial charge on any atom is -0.444 e. The second-order valence-electron chi connectivity index (χ2n) is 10.7. The van der Waals surface area contributed by atoms with E-state index in [-0.39, 0.29) is 12.1 Å². The summed E-state index contributed by atoms with van der Waals surface area (Å²) in [6.45, 7) is 9.03. The zero-order chi connectivity index (χ0) is 24.6. The van der Waals surface area contributed by atoms with Gasteiger partial charge in [0, 0.05) is 62.0 Å². The van der Waals surface area contributed by atoms with Crippen molar-refractivity contribution in [3.63, 3.8) is 0 Å². The molecule has 3 aromatic heterocycles. The maximum absolute atomic E-state index is 12.5. The van der Waals surface area contributed by atoms with E-state index in [1.807, 2.05) is 50.9 Å². The number of carbonyl (C=O) groups is 1. The highest BCUT2D eigenvalue weighted by Crippen LogP contribution is 2.30. The van der Waals surface area contributed by atoms with Gasteiger partial charge >= 0.3 is 6.09 Å². The molecule has 2 saturated heterocycles. The summed E-state index contributed by atoms with van der Waals surface area (Å²) in [5, 5.41) is 16.3. The SMILES string of the molecule is Cn1cc(-c2cnn3c(NC4CCN(C(=O)OC(C)(C)C)CC4)cc(C4CCCNC4)nc23)cn1. The molecule has 35 heavy (non-hydrogen) atoms. The molecule has 0 aliphatic carbocycles. The Labute approximate surface area is 206 Å². The van der Waals surface area contributed by atoms with Gasteiger partial charge in [-0.05, 0) is 53.0 Å². The van der Waals surface area contributed by atoms with Crippen LogP contribution in [0.4, 0.5) is 10.6 Å². The van der Waals surface area contributed by atoms with Crippen LogP contribution in [-0.2, 0) is 11.8 Å². The number of nitrogens with one attached hydrogen (secondary N) is 2. The average molecular weight is 481 g/mol. The Bertz CT molecular complexity index is 1180. The van der Waals surface area contributed by atoms with Crippen LogP contribution in [-0.4, -0.2) is 73.2 Å². The molecule has 0 bridgehead atoms. The quantitative estimate of drug-likeness (QED) is 0.590. The third-order valence-electron chi connectivity index (χ3n) is 6.72. The Morgan fingerprint density at radius 1 is 1.17 bits per heavy atom. The predicted octanol–water partition coefficient (Wildman–Crippen LogP) is 3.41. The van der Waals surface area contributed by atoms with Crippen molar-refractivity contribution in [2.75, 3.05) is 31.5 Å². The molecule has 5 rings (SSSR count). The maximum atomic E-state index is 12.5. The second kappa shape index (κ2) is 9.49. The average Bonchev–Trinajstić information content (AvgIpc) is 3.45. The molecular weight excluding hydrogens is 444 g/mol. The first kappa shape index (κ1) is 23.6. The fraction of sp³-hybridized carbons (Fsp3) is 0.600. The highest BCUT2D eigenvalue weighted by atomic mass is 16.6. The lowest BCUT2D eigenvalue weighted by atomic mass is 9.95. The molecule has 188 valence electrons. The van der Waals surface area contributed by atoms with Gasteiger partial charge in [0.05, 0.1) is 18.1 Å². The molecule has 10 heteroatoms. The molecule has 0 saturated carbocycles. The summed E-state index contributed by atoms with van der Waals surface area (Å²) in [5.74, 6) is 1.32. The third-order valence-corrected chi connectivity index (χ3v) is 6.72. The number of amides is 1. The van der Waals surface area contributed by atoms with Crippen molar-refractivity contribution in [3.8, 4) is 11.1 Å².